The van der Waals surface area contributed by atoms with Crippen LogP contribution in [0.2, 0.25) is 18.1 Å². The molecular formula is C19H32N2O2Si. The lowest BCUT2D eigenvalue weighted by Gasteiger charge is -2.46. The molecular weight excluding hydrogens is 316 g/mol. The zero-order valence-corrected chi connectivity index (χ0v) is 17.1. The fourth-order valence-corrected chi connectivity index (χ4v) is 4.09. The van der Waals surface area contributed by atoms with Crippen LogP contribution in [0.4, 0.5) is 5.69 Å². The predicted octanol–water partition coefficient (Wildman–Crippen LogP) is 4.08. The van der Waals surface area contributed by atoms with Crippen molar-refractivity contribution in [2.45, 2.75) is 64.8 Å². The van der Waals surface area contributed by atoms with Crippen LogP contribution in [-0.2, 0) is 9.22 Å². The summed E-state index contributed by atoms with van der Waals surface area (Å²) in [7, 11) is -1.88. The SMILES string of the molecule is CC(=O)N1c2ccccc2[C@H](N)[C@@H](C)C1CO[Si](C)(C)C(C)(C)C. The highest BCUT2D eigenvalue weighted by molar-refractivity contribution is 6.74. The Balaban J connectivity index is 2.33. The molecule has 4 nitrogen and oxygen atoms in total. The molecule has 1 heterocycles. The third kappa shape index (κ3) is 3.43. The van der Waals surface area contributed by atoms with Gasteiger partial charge in [-0.1, -0.05) is 45.9 Å². The molecule has 1 aliphatic heterocycles. The topological polar surface area (TPSA) is 55.6 Å². The molecule has 24 heavy (non-hydrogen) atoms. The number of hydrogen-bond donors (Lipinski definition) is 1. The monoisotopic (exact) mass is 348 g/mol. The molecule has 0 aromatic heterocycles. The lowest BCUT2D eigenvalue weighted by molar-refractivity contribution is -0.117. The summed E-state index contributed by atoms with van der Waals surface area (Å²) in [6.45, 7) is 15.5. The molecule has 1 aromatic rings. The minimum absolute atomic E-state index is 0.0264. The molecule has 0 saturated carbocycles. The molecule has 1 aromatic carbocycles. The number of para-hydroxylation sites is 1. The third-order valence-corrected chi connectivity index (χ3v) is 10.3. The van der Waals surface area contributed by atoms with Gasteiger partial charge in [-0.05, 0) is 35.7 Å². The molecule has 0 saturated heterocycles. The lowest BCUT2D eigenvalue weighted by atomic mass is 9.83. The van der Waals surface area contributed by atoms with Gasteiger partial charge in [0.05, 0.1) is 12.6 Å². The van der Waals surface area contributed by atoms with Crippen molar-refractivity contribution in [3.05, 3.63) is 29.8 Å². The third-order valence-electron chi connectivity index (χ3n) is 5.82. The van der Waals surface area contributed by atoms with Crippen molar-refractivity contribution in [2.75, 3.05) is 11.5 Å². The van der Waals surface area contributed by atoms with Crippen molar-refractivity contribution in [1.82, 2.24) is 0 Å². The molecule has 2 rings (SSSR count). The van der Waals surface area contributed by atoms with Gasteiger partial charge in [0.2, 0.25) is 5.91 Å². The van der Waals surface area contributed by atoms with E-state index in [0.29, 0.717) is 6.61 Å². The smallest absolute Gasteiger partial charge is 0.224 e. The van der Waals surface area contributed by atoms with Gasteiger partial charge in [0.15, 0.2) is 8.32 Å². The van der Waals surface area contributed by atoms with E-state index in [1.165, 1.54) is 0 Å². The molecule has 5 heteroatoms. The molecule has 1 aliphatic rings. The van der Waals surface area contributed by atoms with Crippen molar-refractivity contribution in [3.8, 4) is 0 Å². The number of anilines is 1. The Labute approximate surface area is 147 Å². The van der Waals surface area contributed by atoms with E-state index in [0.717, 1.165) is 11.3 Å². The first-order chi connectivity index (χ1) is 11.0. The first-order valence-corrected chi connectivity index (χ1v) is 11.7. The van der Waals surface area contributed by atoms with Crippen LogP contribution in [0.25, 0.3) is 0 Å². The van der Waals surface area contributed by atoms with Gasteiger partial charge < -0.3 is 15.1 Å². The summed E-state index contributed by atoms with van der Waals surface area (Å²) < 4.78 is 6.44. The first-order valence-electron chi connectivity index (χ1n) is 8.75. The first kappa shape index (κ1) is 19.2. The van der Waals surface area contributed by atoms with E-state index < -0.39 is 8.32 Å². The fourth-order valence-electron chi connectivity index (χ4n) is 3.06. The van der Waals surface area contributed by atoms with Crippen molar-refractivity contribution >= 4 is 19.9 Å². The maximum atomic E-state index is 12.4. The molecule has 0 radical (unpaired) electrons. The average Bonchev–Trinajstić information content (AvgIpc) is 2.47. The second-order valence-electron chi connectivity index (χ2n) is 8.47. The summed E-state index contributed by atoms with van der Waals surface area (Å²) in [4.78, 5) is 14.3. The number of benzene rings is 1. The van der Waals surface area contributed by atoms with E-state index >= 15 is 0 Å². The van der Waals surface area contributed by atoms with Crippen LogP contribution in [0.3, 0.4) is 0 Å². The minimum atomic E-state index is -1.88. The Hall–Kier alpha value is -1.17. The zero-order chi connectivity index (χ0) is 18.3. The quantitative estimate of drug-likeness (QED) is 0.837. The van der Waals surface area contributed by atoms with Gasteiger partial charge in [0, 0.05) is 18.7 Å². The van der Waals surface area contributed by atoms with Gasteiger partial charge in [-0.3, -0.25) is 4.79 Å². The van der Waals surface area contributed by atoms with Crippen molar-refractivity contribution in [1.29, 1.82) is 0 Å². The maximum absolute atomic E-state index is 12.4. The van der Waals surface area contributed by atoms with E-state index in [9.17, 15) is 4.79 Å². The minimum Gasteiger partial charge on any atom is -0.415 e. The molecule has 0 bridgehead atoms. The van der Waals surface area contributed by atoms with Crippen LogP contribution >= 0.6 is 0 Å². The number of carbonyl (C=O) groups is 1. The largest absolute Gasteiger partial charge is 0.415 e. The molecule has 134 valence electrons. The Kier molecular flexibility index (Phi) is 5.28. The van der Waals surface area contributed by atoms with E-state index in [1.807, 2.05) is 29.2 Å². The van der Waals surface area contributed by atoms with Gasteiger partial charge >= 0.3 is 0 Å². The Morgan fingerprint density at radius 1 is 1.29 bits per heavy atom. The van der Waals surface area contributed by atoms with Gasteiger partial charge in [-0.15, -0.1) is 0 Å². The molecule has 2 N–H and O–H groups in total. The summed E-state index contributed by atoms with van der Waals surface area (Å²) in [5.41, 5.74) is 8.46. The van der Waals surface area contributed by atoms with Gasteiger partial charge in [-0.2, -0.15) is 0 Å². The molecule has 0 aliphatic carbocycles. The Bertz CT molecular complexity index is 610. The van der Waals surface area contributed by atoms with Crippen molar-refractivity contribution < 1.29 is 9.22 Å². The summed E-state index contributed by atoms with van der Waals surface area (Å²) in [6.07, 6.45) is 0. The van der Waals surface area contributed by atoms with Crippen LogP contribution in [0.15, 0.2) is 24.3 Å². The Morgan fingerprint density at radius 2 is 1.88 bits per heavy atom. The average molecular weight is 349 g/mol. The second kappa shape index (κ2) is 6.62. The van der Waals surface area contributed by atoms with Crippen molar-refractivity contribution in [3.63, 3.8) is 0 Å². The number of fused-ring (bicyclic) bond motifs is 1. The van der Waals surface area contributed by atoms with E-state index in [-0.39, 0.29) is 28.9 Å². The van der Waals surface area contributed by atoms with Crippen LogP contribution in [0.1, 0.15) is 46.2 Å². The molecule has 1 amide bonds. The summed E-state index contributed by atoms with van der Waals surface area (Å²) >= 11 is 0. The van der Waals surface area contributed by atoms with Gasteiger partial charge in [0.1, 0.15) is 0 Å². The fraction of sp³-hybridized carbons (Fsp3) is 0.632. The normalized spacial score (nSPS) is 24.7. The molecule has 0 spiro atoms. The zero-order valence-electron chi connectivity index (χ0n) is 16.1. The maximum Gasteiger partial charge on any atom is 0.224 e. The number of nitrogens with zero attached hydrogens (tertiary/aromatic N) is 1. The summed E-state index contributed by atoms with van der Waals surface area (Å²) in [5, 5.41) is 0.145. The van der Waals surface area contributed by atoms with Gasteiger partial charge in [-0.25, -0.2) is 0 Å². The number of amides is 1. The predicted molar refractivity (Wildman–Crippen MR) is 103 cm³/mol. The van der Waals surface area contributed by atoms with Crippen molar-refractivity contribution in [2.24, 2.45) is 11.7 Å². The molecule has 0 fully saturated rings. The highest BCUT2D eigenvalue weighted by Gasteiger charge is 2.42. The Morgan fingerprint density at radius 3 is 2.42 bits per heavy atom. The van der Waals surface area contributed by atoms with E-state index in [4.69, 9.17) is 10.2 Å². The second-order valence-corrected chi connectivity index (χ2v) is 13.3. The number of hydrogen-bond acceptors (Lipinski definition) is 3. The number of nitrogens with two attached hydrogens (primary N) is 1. The van der Waals surface area contributed by atoms with E-state index in [1.54, 1.807) is 6.92 Å². The molecule has 3 atom stereocenters. The summed E-state index contributed by atoms with van der Waals surface area (Å²) in [6, 6.07) is 7.85. The highest BCUT2D eigenvalue weighted by Crippen LogP contribution is 2.41. The highest BCUT2D eigenvalue weighted by atomic mass is 28.4. The standard InChI is InChI=1S/C19H32N2O2Si/c1-13-17(12-23-24(6,7)19(3,4)5)21(14(2)22)16-11-9-8-10-15(16)18(13)20/h8-11,13,17-18H,12,20H2,1-7H3/t13-,17?,18+/m0/s1. The molecule has 1 unspecified atom stereocenters. The van der Waals surface area contributed by atoms with Crippen LogP contribution < -0.4 is 10.6 Å². The van der Waals surface area contributed by atoms with Crippen LogP contribution in [0.5, 0.6) is 0 Å². The van der Waals surface area contributed by atoms with E-state index in [2.05, 4.69) is 40.8 Å². The lowest BCUT2D eigenvalue weighted by Crippen LogP contribution is -2.54. The van der Waals surface area contributed by atoms with Gasteiger partial charge in [0.25, 0.3) is 0 Å². The van der Waals surface area contributed by atoms with Crippen LogP contribution in [-0.4, -0.2) is 26.9 Å². The number of carbonyl (C=O) groups excluding carboxylic acids is 1. The number of rotatable bonds is 3. The van der Waals surface area contributed by atoms with Crippen LogP contribution in [0, 0.1) is 5.92 Å². The summed E-state index contributed by atoms with van der Waals surface area (Å²) in [5.74, 6) is 0.193.